The normalized spacial score (nSPS) is 10.9. The summed E-state index contributed by atoms with van der Waals surface area (Å²) in [4.78, 5) is 37.6. The second-order valence-electron chi connectivity index (χ2n) is 7.52. The van der Waals surface area contributed by atoms with E-state index in [1.165, 1.54) is 25.0 Å². The van der Waals surface area contributed by atoms with Gasteiger partial charge in [0.1, 0.15) is 6.54 Å². The topological polar surface area (TPSA) is 75.7 Å². The van der Waals surface area contributed by atoms with Gasteiger partial charge >= 0.3 is 5.97 Å². The highest BCUT2D eigenvalue weighted by Crippen LogP contribution is 2.23. The van der Waals surface area contributed by atoms with E-state index in [-0.39, 0.29) is 23.8 Å². The van der Waals surface area contributed by atoms with Crippen LogP contribution in [0.1, 0.15) is 43.6 Å². The zero-order valence-corrected chi connectivity index (χ0v) is 16.9. The number of nitrogens with one attached hydrogen (secondary N) is 1. The largest absolute Gasteiger partial charge is 0.465 e. The van der Waals surface area contributed by atoms with Gasteiger partial charge in [-0.1, -0.05) is 39.0 Å². The van der Waals surface area contributed by atoms with Crippen LogP contribution in [0, 0.1) is 0 Å². The third-order valence-corrected chi connectivity index (χ3v) is 4.30. The Morgan fingerprint density at radius 3 is 2.21 bits per heavy atom. The Morgan fingerprint density at radius 2 is 1.68 bits per heavy atom. The highest BCUT2D eigenvalue weighted by Gasteiger charge is 2.18. The second-order valence-corrected chi connectivity index (χ2v) is 7.52. The van der Waals surface area contributed by atoms with Gasteiger partial charge in [0.05, 0.1) is 12.7 Å². The van der Waals surface area contributed by atoms with Gasteiger partial charge in [0.2, 0.25) is 11.8 Å². The minimum atomic E-state index is -0.506. The first-order chi connectivity index (χ1) is 13.1. The summed E-state index contributed by atoms with van der Waals surface area (Å²) in [6, 6.07) is 14.0. The van der Waals surface area contributed by atoms with Crippen LogP contribution in [0.4, 0.5) is 11.4 Å². The van der Waals surface area contributed by atoms with Gasteiger partial charge in [0.25, 0.3) is 0 Å². The lowest BCUT2D eigenvalue weighted by molar-refractivity contribution is -0.120. The molecule has 0 aliphatic carbocycles. The number of hydrogen-bond donors (Lipinski definition) is 1. The first-order valence-corrected chi connectivity index (χ1v) is 8.98. The molecule has 148 valence electrons. The summed E-state index contributed by atoms with van der Waals surface area (Å²) in [6.45, 7) is 7.56. The Balaban J connectivity index is 2.13. The molecule has 0 fully saturated rings. The van der Waals surface area contributed by atoms with Crippen molar-refractivity contribution in [3.05, 3.63) is 59.7 Å². The summed E-state index contributed by atoms with van der Waals surface area (Å²) in [5, 5.41) is 2.80. The first kappa shape index (κ1) is 21.2. The van der Waals surface area contributed by atoms with Crippen molar-refractivity contribution in [1.82, 2.24) is 0 Å². The van der Waals surface area contributed by atoms with E-state index in [0.717, 1.165) is 5.56 Å². The third-order valence-electron chi connectivity index (χ3n) is 4.30. The molecule has 0 saturated carbocycles. The summed E-state index contributed by atoms with van der Waals surface area (Å²) in [5.41, 5.74) is 2.61. The van der Waals surface area contributed by atoms with Gasteiger partial charge < -0.3 is 15.0 Å². The SMILES string of the molecule is COC(=O)c1cccc(N(CC(=O)Nc2ccc(C(C)(C)C)cc2)C(C)=O)c1. The van der Waals surface area contributed by atoms with Crippen molar-refractivity contribution in [2.75, 3.05) is 23.9 Å². The van der Waals surface area contributed by atoms with E-state index in [4.69, 9.17) is 4.74 Å². The van der Waals surface area contributed by atoms with Crippen LogP contribution in [-0.2, 0) is 19.7 Å². The maximum atomic E-state index is 12.5. The number of anilines is 2. The molecule has 0 radical (unpaired) electrons. The van der Waals surface area contributed by atoms with E-state index >= 15 is 0 Å². The fourth-order valence-electron chi connectivity index (χ4n) is 2.70. The molecule has 2 rings (SSSR count). The van der Waals surface area contributed by atoms with Crippen molar-refractivity contribution in [2.45, 2.75) is 33.1 Å². The van der Waals surface area contributed by atoms with E-state index in [1.54, 1.807) is 18.2 Å². The highest BCUT2D eigenvalue weighted by molar-refractivity contribution is 6.02. The van der Waals surface area contributed by atoms with Gasteiger partial charge in [-0.2, -0.15) is 0 Å². The van der Waals surface area contributed by atoms with Gasteiger partial charge in [-0.05, 0) is 41.3 Å². The molecule has 28 heavy (non-hydrogen) atoms. The standard InChI is InChI=1S/C22H26N2O4/c1-15(25)24(19-8-6-7-16(13-19)21(27)28-5)14-20(26)23-18-11-9-17(10-12-18)22(2,3)4/h6-13H,14H2,1-5H3,(H,23,26). The lowest BCUT2D eigenvalue weighted by atomic mass is 9.87. The maximum Gasteiger partial charge on any atom is 0.337 e. The molecule has 1 N–H and O–H groups in total. The number of benzene rings is 2. The van der Waals surface area contributed by atoms with Gasteiger partial charge in [-0.25, -0.2) is 4.79 Å². The molecule has 2 aromatic carbocycles. The minimum Gasteiger partial charge on any atom is -0.465 e. The van der Waals surface area contributed by atoms with Crippen LogP contribution in [0.5, 0.6) is 0 Å². The van der Waals surface area contributed by atoms with Crippen LogP contribution in [-0.4, -0.2) is 31.4 Å². The number of hydrogen-bond acceptors (Lipinski definition) is 4. The molecule has 2 aromatic rings. The van der Waals surface area contributed by atoms with Crippen molar-refractivity contribution < 1.29 is 19.1 Å². The summed E-state index contributed by atoms with van der Waals surface area (Å²) in [6.07, 6.45) is 0. The summed E-state index contributed by atoms with van der Waals surface area (Å²) in [5.74, 6) is -1.14. The lowest BCUT2D eigenvalue weighted by Gasteiger charge is -2.22. The number of esters is 1. The first-order valence-electron chi connectivity index (χ1n) is 8.98. The summed E-state index contributed by atoms with van der Waals surface area (Å²) >= 11 is 0. The zero-order chi connectivity index (χ0) is 20.9. The molecule has 0 spiro atoms. The molecule has 6 heteroatoms. The van der Waals surface area contributed by atoms with E-state index in [2.05, 4.69) is 26.1 Å². The molecule has 2 amide bonds. The molecule has 0 saturated heterocycles. The quantitative estimate of drug-likeness (QED) is 0.799. The number of rotatable bonds is 5. The summed E-state index contributed by atoms with van der Waals surface area (Å²) < 4.78 is 4.70. The average Bonchev–Trinajstić information content (AvgIpc) is 2.65. The Labute approximate surface area is 165 Å². The average molecular weight is 382 g/mol. The monoisotopic (exact) mass is 382 g/mol. The fourth-order valence-corrected chi connectivity index (χ4v) is 2.70. The number of carbonyl (C=O) groups excluding carboxylic acids is 3. The number of carbonyl (C=O) groups is 3. The van der Waals surface area contributed by atoms with Crippen LogP contribution in [0.15, 0.2) is 48.5 Å². The molecule has 6 nitrogen and oxygen atoms in total. The Kier molecular flexibility index (Phi) is 6.57. The molecular formula is C22H26N2O4. The number of methoxy groups -OCH3 is 1. The fraction of sp³-hybridized carbons (Fsp3) is 0.318. The van der Waals surface area contributed by atoms with Crippen LogP contribution in [0.2, 0.25) is 0 Å². The van der Waals surface area contributed by atoms with Crippen LogP contribution < -0.4 is 10.2 Å². The predicted octanol–water partition coefficient (Wildman–Crippen LogP) is 3.76. The Morgan fingerprint density at radius 1 is 1.04 bits per heavy atom. The van der Waals surface area contributed by atoms with Crippen molar-refractivity contribution in [2.24, 2.45) is 0 Å². The van der Waals surface area contributed by atoms with Gasteiger partial charge in [-0.15, -0.1) is 0 Å². The van der Waals surface area contributed by atoms with E-state index in [1.807, 2.05) is 24.3 Å². The molecule has 0 atom stereocenters. The summed E-state index contributed by atoms with van der Waals surface area (Å²) in [7, 11) is 1.29. The van der Waals surface area contributed by atoms with Crippen molar-refractivity contribution in [3.63, 3.8) is 0 Å². The molecule has 0 unspecified atom stereocenters. The van der Waals surface area contributed by atoms with Crippen molar-refractivity contribution >= 4 is 29.2 Å². The van der Waals surface area contributed by atoms with Crippen LogP contribution in [0.3, 0.4) is 0 Å². The zero-order valence-electron chi connectivity index (χ0n) is 16.9. The van der Waals surface area contributed by atoms with Gasteiger partial charge in [0, 0.05) is 18.3 Å². The molecule has 0 aliphatic heterocycles. The van der Waals surface area contributed by atoms with Crippen molar-refractivity contribution in [3.8, 4) is 0 Å². The molecule has 0 aliphatic rings. The molecule has 0 heterocycles. The number of ether oxygens (including phenoxy) is 1. The molecular weight excluding hydrogens is 356 g/mol. The lowest BCUT2D eigenvalue weighted by Crippen LogP contribution is -2.36. The van der Waals surface area contributed by atoms with Gasteiger partial charge in [-0.3, -0.25) is 9.59 Å². The van der Waals surface area contributed by atoms with E-state index < -0.39 is 5.97 Å². The second kappa shape index (κ2) is 8.69. The van der Waals surface area contributed by atoms with Crippen LogP contribution in [0.25, 0.3) is 0 Å². The molecule has 0 bridgehead atoms. The minimum absolute atomic E-state index is 0.0264. The van der Waals surface area contributed by atoms with Crippen molar-refractivity contribution in [1.29, 1.82) is 0 Å². The predicted molar refractivity (Wildman–Crippen MR) is 110 cm³/mol. The van der Waals surface area contributed by atoms with E-state index in [0.29, 0.717) is 16.9 Å². The number of nitrogens with zero attached hydrogens (tertiary/aromatic N) is 1. The Bertz CT molecular complexity index is 867. The number of amides is 2. The van der Waals surface area contributed by atoms with E-state index in [9.17, 15) is 14.4 Å². The molecule has 0 aromatic heterocycles. The smallest absolute Gasteiger partial charge is 0.337 e. The maximum absolute atomic E-state index is 12.5. The Hall–Kier alpha value is -3.15. The van der Waals surface area contributed by atoms with Crippen LogP contribution >= 0.6 is 0 Å². The van der Waals surface area contributed by atoms with Gasteiger partial charge in [0.15, 0.2) is 0 Å². The third kappa shape index (κ3) is 5.42. The highest BCUT2D eigenvalue weighted by atomic mass is 16.5.